The van der Waals surface area contributed by atoms with E-state index in [-0.39, 0.29) is 17.5 Å². The average molecular weight is 318 g/mol. The molecular weight excluding hydrogens is 306 g/mol. The van der Waals surface area contributed by atoms with Gasteiger partial charge in [0.15, 0.2) is 17.4 Å². The second kappa shape index (κ2) is 6.91. The second-order valence-electron chi connectivity index (χ2n) is 4.92. The first-order valence-corrected chi connectivity index (χ1v) is 6.69. The number of carbonyl (C=O) groups excluding carboxylic acids is 2. The molecule has 0 aliphatic rings. The van der Waals surface area contributed by atoms with Gasteiger partial charge in [-0.05, 0) is 23.3 Å². The third-order valence-corrected chi connectivity index (χ3v) is 3.23. The summed E-state index contributed by atoms with van der Waals surface area (Å²) in [4.78, 5) is 33.4. The Bertz CT molecular complexity index is 784. The summed E-state index contributed by atoms with van der Waals surface area (Å²) in [5.41, 5.74) is 0.827. The topological polar surface area (TPSA) is 71.4 Å². The van der Waals surface area contributed by atoms with E-state index in [9.17, 15) is 23.2 Å². The minimum absolute atomic E-state index is 0.0671. The van der Waals surface area contributed by atoms with Gasteiger partial charge in [-0.25, -0.2) is 13.6 Å². The van der Waals surface area contributed by atoms with Crippen molar-refractivity contribution in [2.24, 2.45) is 0 Å². The number of ketones is 2. The van der Waals surface area contributed by atoms with Crippen LogP contribution in [0.3, 0.4) is 0 Å². The minimum atomic E-state index is -1.67. The third-order valence-electron chi connectivity index (χ3n) is 3.23. The summed E-state index contributed by atoms with van der Waals surface area (Å²) < 4.78 is 26.8. The molecule has 0 aliphatic heterocycles. The molecule has 2 aromatic rings. The molecule has 0 bridgehead atoms. The fraction of sp³-hybridized carbons (Fsp3) is 0.118. The lowest BCUT2D eigenvalue weighted by Crippen LogP contribution is -2.17. The van der Waals surface area contributed by atoms with Gasteiger partial charge < -0.3 is 5.11 Å². The summed E-state index contributed by atoms with van der Waals surface area (Å²) in [6, 6.07) is 9.85. The van der Waals surface area contributed by atoms with Gasteiger partial charge in [-0.15, -0.1) is 0 Å². The van der Waals surface area contributed by atoms with E-state index in [1.807, 2.05) is 0 Å². The van der Waals surface area contributed by atoms with E-state index in [4.69, 9.17) is 5.11 Å². The van der Waals surface area contributed by atoms with E-state index in [0.717, 1.165) is 6.07 Å². The summed E-state index contributed by atoms with van der Waals surface area (Å²) >= 11 is 0. The number of halogens is 2. The van der Waals surface area contributed by atoms with E-state index < -0.39 is 35.6 Å². The van der Waals surface area contributed by atoms with Crippen molar-refractivity contribution >= 4 is 17.5 Å². The van der Waals surface area contributed by atoms with Crippen molar-refractivity contribution in [2.75, 3.05) is 0 Å². The number of carbonyl (C=O) groups is 3. The zero-order chi connectivity index (χ0) is 17.0. The highest BCUT2D eigenvalue weighted by molar-refractivity contribution is 6.37. The maximum Gasteiger partial charge on any atom is 0.372 e. The molecule has 6 heteroatoms. The monoisotopic (exact) mass is 318 g/mol. The highest BCUT2D eigenvalue weighted by Crippen LogP contribution is 2.17. The number of carboxylic acid groups (broad SMARTS) is 1. The zero-order valence-electron chi connectivity index (χ0n) is 11.9. The number of benzene rings is 2. The van der Waals surface area contributed by atoms with Crippen LogP contribution in [0, 0.1) is 11.6 Å². The van der Waals surface area contributed by atoms with Crippen LogP contribution < -0.4 is 0 Å². The van der Waals surface area contributed by atoms with Crippen LogP contribution >= 0.6 is 0 Å². The fourth-order valence-corrected chi connectivity index (χ4v) is 2.08. The largest absolute Gasteiger partial charge is 0.475 e. The van der Waals surface area contributed by atoms with Gasteiger partial charge in [0.2, 0.25) is 5.78 Å². The number of hydrogen-bond donors (Lipinski definition) is 1. The summed E-state index contributed by atoms with van der Waals surface area (Å²) in [5.74, 6) is -5.42. The molecule has 0 amide bonds. The molecule has 0 aliphatic carbocycles. The molecule has 0 spiro atoms. The first kappa shape index (κ1) is 16.5. The predicted octanol–water partition coefficient (Wildman–Crippen LogP) is 2.78. The van der Waals surface area contributed by atoms with E-state index in [1.54, 1.807) is 6.07 Å². The van der Waals surface area contributed by atoms with Crippen molar-refractivity contribution in [3.63, 3.8) is 0 Å². The number of carboxylic acids is 1. The van der Waals surface area contributed by atoms with E-state index in [0.29, 0.717) is 5.56 Å². The predicted molar refractivity (Wildman–Crippen MR) is 77.2 cm³/mol. The maximum atomic E-state index is 13.7. The Labute approximate surface area is 130 Å². The number of Topliss-reactive ketones (excluding diaryl/α,β-unsaturated/α-hetero) is 2. The Kier molecular flexibility index (Phi) is 4.95. The van der Waals surface area contributed by atoms with E-state index in [1.165, 1.54) is 30.3 Å². The molecule has 0 heterocycles. The van der Waals surface area contributed by atoms with Crippen molar-refractivity contribution in [1.29, 1.82) is 0 Å². The molecule has 0 aromatic heterocycles. The molecule has 0 saturated heterocycles. The Morgan fingerprint density at radius 3 is 2.39 bits per heavy atom. The standard InChI is InChI=1S/C17H12F2O4/c18-13-6-2-5-12(16(13)19)8-10-3-1-4-11(7-10)14(20)9-15(21)17(22)23/h1-7H,8-9H2,(H,22,23). The Balaban J connectivity index is 2.20. The molecular formula is C17H12F2O4. The summed E-state index contributed by atoms with van der Waals surface area (Å²) in [6.45, 7) is 0. The highest BCUT2D eigenvalue weighted by Gasteiger charge is 2.18. The van der Waals surface area contributed by atoms with E-state index >= 15 is 0 Å². The van der Waals surface area contributed by atoms with Crippen molar-refractivity contribution in [1.82, 2.24) is 0 Å². The first-order chi connectivity index (χ1) is 10.9. The molecule has 2 aromatic carbocycles. The number of hydrogen-bond acceptors (Lipinski definition) is 3. The summed E-state index contributed by atoms with van der Waals surface area (Å²) in [5, 5.41) is 8.50. The van der Waals surface area contributed by atoms with Gasteiger partial charge in [-0.2, -0.15) is 0 Å². The van der Waals surface area contributed by atoms with Crippen LogP contribution in [0.15, 0.2) is 42.5 Å². The van der Waals surface area contributed by atoms with Crippen LogP contribution in [-0.2, 0) is 16.0 Å². The lowest BCUT2D eigenvalue weighted by atomic mass is 9.99. The molecule has 0 radical (unpaired) electrons. The maximum absolute atomic E-state index is 13.7. The van der Waals surface area contributed by atoms with Gasteiger partial charge in [-0.3, -0.25) is 9.59 Å². The lowest BCUT2D eigenvalue weighted by molar-refractivity contribution is -0.148. The quantitative estimate of drug-likeness (QED) is 0.505. The third kappa shape index (κ3) is 4.06. The Morgan fingerprint density at radius 2 is 1.70 bits per heavy atom. The highest BCUT2D eigenvalue weighted by atomic mass is 19.2. The van der Waals surface area contributed by atoms with Crippen molar-refractivity contribution in [3.8, 4) is 0 Å². The SMILES string of the molecule is O=C(O)C(=O)CC(=O)c1cccc(Cc2cccc(F)c2F)c1. The van der Waals surface area contributed by atoms with Crippen molar-refractivity contribution in [2.45, 2.75) is 12.8 Å². The molecule has 0 saturated carbocycles. The van der Waals surface area contributed by atoms with Gasteiger partial charge >= 0.3 is 5.97 Å². The summed E-state index contributed by atoms with van der Waals surface area (Å²) in [6.07, 6.45) is -0.676. The van der Waals surface area contributed by atoms with Crippen LogP contribution in [0.2, 0.25) is 0 Å². The molecule has 0 atom stereocenters. The summed E-state index contributed by atoms with van der Waals surface area (Å²) in [7, 11) is 0. The van der Waals surface area contributed by atoms with Gasteiger partial charge in [0, 0.05) is 12.0 Å². The number of rotatable bonds is 6. The van der Waals surface area contributed by atoms with Crippen LogP contribution in [-0.4, -0.2) is 22.6 Å². The Hall–Kier alpha value is -2.89. The minimum Gasteiger partial charge on any atom is -0.475 e. The fourth-order valence-electron chi connectivity index (χ4n) is 2.08. The molecule has 0 unspecified atom stereocenters. The average Bonchev–Trinajstić information content (AvgIpc) is 2.52. The Morgan fingerprint density at radius 1 is 1.00 bits per heavy atom. The number of aliphatic carboxylic acids is 1. The smallest absolute Gasteiger partial charge is 0.372 e. The van der Waals surface area contributed by atoms with Crippen LogP contribution in [0.5, 0.6) is 0 Å². The van der Waals surface area contributed by atoms with Gasteiger partial charge in [0.05, 0.1) is 6.42 Å². The molecule has 4 nitrogen and oxygen atoms in total. The van der Waals surface area contributed by atoms with Gasteiger partial charge in [-0.1, -0.05) is 30.3 Å². The van der Waals surface area contributed by atoms with Crippen LogP contribution in [0.1, 0.15) is 27.9 Å². The second-order valence-corrected chi connectivity index (χ2v) is 4.92. The van der Waals surface area contributed by atoms with E-state index in [2.05, 4.69) is 0 Å². The first-order valence-electron chi connectivity index (χ1n) is 6.69. The molecule has 23 heavy (non-hydrogen) atoms. The normalized spacial score (nSPS) is 10.3. The molecule has 1 N–H and O–H groups in total. The van der Waals surface area contributed by atoms with Crippen LogP contribution in [0.4, 0.5) is 8.78 Å². The zero-order valence-corrected chi connectivity index (χ0v) is 11.9. The van der Waals surface area contributed by atoms with Gasteiger partial charge in [0.25, 0.3) is 0 Å². The van der Waals surface area contributed by atoms with Crippen molar-refractivity contribution in [3.05, 3.63) is 70.8 Å². The van der Waals surface area contributed by atoms with Crippen molar-refractivity contribution < 1.29 is 28.3 Å². The molecule has 2 rings (SSSR count). The van der Waals surface area contributed by atoms with Crippen LogP contribution in [0.25, 0.3) is 0 Å². The molecule has 0 fully saturated rings. The van der Waals surface area contributed by atoms with Gasteiger partial charge in [0.1, 0.15) is 0 Å². The molecule has 118 valence electrons. The lowest BCUT2D eigenvalue weighted by Gasteiger charge is -2.06.